The van der Waals surface area contributed by atoms with Gasteiger partial charge >= 0.3 is 0 Å². The predicted octanol–water partition coefficient (Wildman–Crippen LogP) is 1.06. The quantitative estimate of drug-likeness (QED) is 0.810. The summed E-state index contributed by atoms with van der Waals surface area (Å²) in [4.78, 5) is 16.7. The Morgan fingerprint density at radius 2 is 2.05 bits per heavy atom. The van der Waals surface area contributed by atoms with E-state index < -0.39 is 0 Å². The van der Waals surface area contributed by atoms with E-state index in [0.717, 1.165) is 32.6 Å². The Bertz CT molecular complexity index is 462. The van der Waals surface area contributed by atoms with Crippen LogP contribution in [0.25, 0.3) is 0 Å². The molecule has 0 saturated carbocycles. The highest BCUT2D eigenvalue weighted by Crippen LogP contribution is 2.27. The Labute approximate surface area is 113 Å². The van der Waals surface area contributed by atoms with Gasteiger partial charge in [-0.05, 0) is 32.1 Å². The highest BCUT2D eigenvalue weighted by molar-refractivity contribution is 5.98. The molecule has 0 bridgehead atoms. The SMILES string of the molecule is COc1c(N)cccc1C(=O)N1CCCN(C)CC1. The third-order valence-corrected chi connectivity index (χ3v) is 3.49. The van der Waals surface area contributed by atoms with Crippen LogP contribution in [0.3, 0.4) is 0 Å². The minimum Gasteiger partial charge on any atom is -0.494 e. The molecule has 1 aliphatic heterocycles. The van der Waals surface area contributed by atoms with Crippen LogP contribution in [0.2, 0.25) is 0 Å². The first-order valence-electron chi connectivity index (χ1n) is 6.53. The van der Waals surface area contributed by atoms with Crippen molar-refractivity contribution in [3.63, 3.8) is 0 Å². The number of hydrogen-bond donors (Lipinski definition) is 1. The number of anilines is 1. The van der Waals surface area contributed by atoms with Crippen molar-refractivity contribution < 1.29 is 9.53 Å². The minimum atomic E-state index is -0.000509. The van der Waals surface area contributed by atoms with Crippen molar-refractivity contribution in [2.24, 2.45) is 0 Å². The molecule has 0 unspecified atom stereocenters. The molecule has 19 heavy (non-hydrogen) atoms. The summed E-state index contributed by atoms with van der Waals surface area (Å²) in [5.41, 5.74) is 6.90. The Balaban J connectivity index is 2.21. The van der Waals surface area contributed by atoms with E-state index in [0.29, 0.717) is 17.0 Å². The fourth-order valence-corrected chi connectivity index (χ4v) is 2.37. The van der Waals surface area contributed by atoms with Crippen LogP contribution in [0.5, 0.6) is 5.75 Å². The molecule has 1 saturated heterocycles. The van der Waals surface area contributed by atoms with Crippen molar-refractivity contribution >= 4 is 11.6 Å². The molecule has 1 fully saturated rings. The number of hydrogen-bond acceptors (Lipinski definition) is 4. The van der Waals surface area contributed by atoms with Gasteiger partial charge in [0.1, 0.15) is 0 Å². The number of benzene rings is 1. The monoisotopic (exact) mass is 263 g/mol. The van der Waals surface area contributed by atoms with Crippen LogP contribution < -0.4 is 10.5 Å². The van der Waals surface area contributed by atoms with Gasteiger partial charge in [-0.3, -0.25) is 4.79 Å². The zero-order valence-electron chi connectivity index (χ0n) is 11.6. The molecular weight excluding hydrogens is 242 g/mol. The number of rotatable bonds is 2. The van der Waals surface area contributed by atoms with Crippen LogP contribution >= 0.6 is 0 Å². The molecule has 0 spiro atoms. The summed E-state index contributed by atoms with van der Waals surface area (Å²) in [5.74, 6) is 0.476. The summed E-state index contributed by atoms with van der Waals surface area (Å²) in [7, 11) is 3.62. The zero-order valence-corrected chi connectivity index (χ0v) is 11.6. The van der Waals surface area contributed by atoms with E-state index in [1.54, 1.807) is 25.3 Å². The lowest BCUT2D eigenvalue weighted by molar-refractivity contribution is 0.0759. The third-order valence-electron chi connectivity index (χ3n) is 3.49. The molecule has 0 radical (unpaired) electrons. The predicted molar refractivity (Wildman–Crippen MR) is 75.4 cm³/mol. The maximum atomic E-state index is 12.6. The van der Waals surface area contributed by atoms with E-state index in [4.69, 9.17) is 10.5 Å². The summed E-state index contributed by atoms with van der Waals surface area (Å²) in [5, 5.41) is 0. The van der Waals surface area contributed by atoms with Crippen molar-refractivity contribution in [3.8, 4) is 5.75 Å². The molecule has 5 nitrogen and oxygen atoms in total. The van der Waals surface area contributed by atoms with Crippen LogP contribution in [0.15, 0.2) is 18.2 Å². The third kappa shape index (κ3) is 2.98. The molecule has 104 valence electrons. The van der Waals surface area contributed by atoms with Crippen LogP contribution in [-0.4, -0.2) is 56.0 Å². The molecule has 5 heteroatoms. The molecule has 1 aliphatic rings. The molecule has 1 aromatic carbocycles. The lowest BCUT2D eigenvalue weighted by atomic mass is 10.1. The van der Waals surface area contributed by atoms with Crippen LogP contribution in [0, 0.1) is 0 Å². The molecular formula is C14H21N3O2. The van der Waals surface area contributed by atoms with E-state index in [9.17, 15) is 4.79 Å². The smallest absolute Gasteiger partial charge is 0.257 e. The maximum absolute atomic E-state index is 12.6. The number of amides is 1. The Hall–Kier alpha value is -1.75. The number of nitrogens with two attached hydrogens (primary N) is 1. The van der Waals surface area contributed by atoms with Gasteiger partial charge in [-0.25, -0.2) is 0 Å². The van der Waals surface area contributed by atoms with Gasteiger partial charge in [0.25, 0.3) is 5.91 Å². The minimum absolute atomic E-state index is 0.000509. The number of nitrogens with zero attached hydrogens (tertiary/aromatic N) is 2. The average molecular weight is 263 g/mol. The van der Waals surface area contributed by atoms with Gasteiger partial charge in [0.05, 0.1) is 18.4 Å². The van der Waals surface area contributed by atoms with E-state index >= 15 is 0 Å². The van der Waals surface area contributed by atoms with Crippen molar-refractivity contribution in [1.82, 2.24) is 9.80 Å². The molecule has 2 rings (SSSR count). The Morgan fingerprint density at radius 1 is 1.26 bits per heavy atom. The van der Waals surface area contributed by atoms with E-state index in [2.05, 4.69) is 11.9 Å². The number of ether oxygens (including phenoxy) is 1. The number of carbonyl (C=O) groups is 1. The van der Waals surface area contributed by atoms with Crippen molar-refractivity contribution in [2.45, 2.75) is 6.42 Å². The standard InChI is InChI=1S/C14H21N3O2/c1-16-7-4-8-17(10-9-16)14(18)11-5-3-6-12(15)13(11)19-2/h3,5-6H,4,7-10,15H2,1-2H3. The lowest BCUT2D eigenvalue weighted by Gasteiger charge is -2.22. The lowest BCUT2D eigenvalue weighted by Crippen LogP contribution is -2.34. The van der Waals surface area contributed by atoms with Gasteiger partial charge in [0, 0.05) is 19.6 Å². The van der Waals surface area contributed by atoms with Crippen LogP contribution in [0.1, 0.15) is 16.8 Å². The second kappa shape index (κ2) is 5.93. The molecule has 0 aliphatic carbocycles. The summed E-state index contributed by atoms with van der Waals surface area (Å²) < 4.78 is 5.26. The number of nitrogen functional groups attached to an aromatic ring is 1. The topological polar surface area (TPSA) is 58.8 Å². The highest BCUT2D eigenvalue weighted by Gasteiger charge is 2.22. The fourth-order valence-electron chi connectivity index (χ4n) is 2.37. The van der Waals surface area contributed by atoms with Crippen molar-refractivity contribution in [3.05, 3.63) is 23.8 Å². The normalized spacial score (nSPS) is 17.1. The molecule has 1 heterocycles. The average Bonchev–Trinajstić information content (AvgIpc) is 2.62. The number of methoxy groups -OCH3 is 1. The largest absolute Gasteiger partial charge is 0.494 e. The highest BCUT2D eigenvalue weighted by atomic mass is 16.5. The first-order valence-corrected chi connectivity index (χ1v) is 6.53. The van der Waals surface area contributed by atoms with Gasteiger partial charge in [-0.1, -0.05) is 6.07 Å². The maximum Gasteiger partial charge on any atom is 0.257 e. The second-order valence-electron chi connectivity index (χ2n) is 4.88. The second-order valence-corrected chi connectivity index (χ2v) is 4.88. The fraction of sp³-hybridized carbons (Fsp3) is 0.500. The summed E-state index contributed by atoms with van der Waals surface area (Å²) in [6.07, 6.45) is 0.993. The van der Waals surface area contributed by atoms with Crippen LogP contribution in [0.4, 0.5) is 5.69 Å². The Kier molecular flexibility index (Phi) is 4.27. The first kappa shape index (κ1) is 13.7. The van der Waals surface area contributed by atoms with Gasteiger partial charge < -0.3 is 20.3 Å². The molecule has 2 N–H and O–H groups in total. The molecule has 0 aromatic heterocycles. The molecule has 1 aromatic rings. The molecule has 1 amide bonds. The first-order chi connectivity index (χ1) is 9.13. The number of likely N-dealkylation sites (N-methyl/N-ethyl adjacent to an activating group) is 1. The van der Waals surface area contributed by atoms with Gasteiger partial charge in [-0.15, -0.1) is 0 Å². The number of para-hydroxylation sites is 1. The van der Waals surface area contributed by atoms with E-state index in [-0.39, 0.29) is 5.91 Å². The van der Waals surface area contributed by atoms with Gasteiger partial charge in [-0.2, -0.15) is 0 Å². The Morgan fingerprint density at radius 3 is 2.79 bits per heavy atom. The van der Waals surface area contributed by atoms with Gasteiger partial charge in [0.2, 0.25) is 0 Å². The summed E-state index contributed by atoms with van der Waals surface area (Å²) in [6, 6.07) is 5.30. The zero-order chi connectivity index (χ0) is 13.8. The summed E-state index contributed by atoms with van der Waals surface area (Å²) >= 11 is 0. The van der Waals surface area contributed by atoms with E-state index in [1.807, 2.05) is 4.90 Å². The van der Waals surface area contributed by atoms with Crippen LogP contribution in [-0.2, 0) is 0 Å². The van der Waals surface area contributed by atoms with Crippen molar-refractivity contribution in [1.29, 1.82) is 0 Å². The number of carbonyl (C=O) groups excluding carboxylic acids is 1. The molecule has 0 atom stereocenters. The van der Waals surface area contributed by atoms with Crippen molar-refractivity contribution in [2.75, 3.05) is 46.1 Å². The summed E-state index contributed by atoms with van der Waals surface area (Å²) in [6.45, 7) is 3.45. The van der Waals surface area contributed by atoms with Gasteiger partial charge in [0.15, 0.2) is 5.75 Å². The van der Waals surface area contributed by atoms with E-state index in [1.165, 1.54) is 0 Å².